The Morgan fingerprint density at radius 2 is 2.09 bits per heavy atom. The minimum atomic E-state index is 0.236. The quantitative estimate of drug-likeness (QED) is 0.426. The van der Waals surface area contributed by atoms with Crippen molar-refractivity contribution in [3.05, 3.63) is 65.9 Å². The van der Waals surface area contributed by atoms with Crippen LogP contribution in [0.25, 0.3) is 28.0 Å². The third kappa shape index (κ3) is 3.44. The third-order valence-corrected chi connectivity index (χ3v) is 7.70. The third-order valence-electron chi connectivity index (χ3n) is 7.70. The summed E-state index contributed by atoms with van der Waals surface area (Å²) in [5.41, 5.74) is 5.79. The van der Waals surface area contributed by atoms with Crippen molar-refractivity contribution in [3.8, 4) is 0 Å². The van der Waals surface area contributed by atoms with Gasteiger partial charge >= 0.3 is 0 Å². The molecule has 0 unspecified atom stereocenters. The van der Waals surface area contributed by atoms with Gasteiger partial charge in [0.15, 0.2) is 0 Å². The lowest BCUT2D eigenvalue weighted by Crippen LogP contribution is -2.44. The SMILES string of the molecule is CCc1nc2ccccc2n1CCC(=O)N1CC[C@@H](C)[C@@H](n2ccc3cnc4c(c32)C=CC4)C1. The molecule has 0 bridgehead atoms. The molecule has 1 fully saturated rings. The normalized spacial score (nSPS) is 19.9. The van der Waals surface area contributed by atoms with Crippen LogP contribution in [0.5, 0.6) is 0 Å². The zero-order chi connectivity index (χ0) is 23.2. The van der Waals surface area contributed by atoms with Crippen LogP contribution >= 0.6 is 0 Å². The van der Waals surface area contributed by atoms with Crippen LogP contribution in [-0.2, 0) is 24.2 Å². The van der Waals surface area contributed by atoms with Gasteiger partial charge in [0.1, 0.15) is 5.82 Å². The molecule has 4 aromatic rings. The molecule has 0 N–H and O–H groups in total. The predicted octanol–water partition coefficient (Wildman–Crippen LogP) is 5.02. The molecule has 0 saturated carbocycles. The number of hydrogen-bond donors (Lipinski definition) is 0. The fourth-order valence-electron chi connectivity index (χ4n) is 5.77. The van der Waals surface area contributed by atoms with Crippen LogP contribution in [0.4, 0.5) is 0 Å². The highest BCUT2D eigenvalue weighted by atomic mass is 16.2. The van der Waals surface area contributed by atoms with Gasteiger partial charge in [-0.05, 0) is 30.5 Å². The number of nitrogens with zero attached hydrogens (tertiary/aromatic N) is 5. The molecular formula is C28H31N5O. The van der Waals surface area contributed by atoms with E-state index < -0.39 is 0 Å². The molecule has 6 nitrogen and oxygen atoms in total. The van der Waals surface area contributed by atoms with Gasteiger partial charge < -0.3 is 14.0 Å². The summed E-state index contributed by atoms with van der Waals surface area (Å²) in [6.07, 6.45) is 11.9. The second-order valence-corrected chi connectivity index (χ2v) is 9.70. The first-order valence-corrected chi connectivity index (χ1v) is 12.5. The number of carbonyl (C=O) groups excluding carboxylic acids is 1. The minimum Gasteiger partial charge on any atom is -0.342 e. The van der Waals surface area contributed by atoms with Crippen molar-refractivity contribution >= 4 is 33.9 Å². The van der Waals surface area contributed by atoms with Crippen LogP contribution in [0.3, 0.4) is 0 Å². The standard InChI is InChI=1S/C28H31N5O/c1-3-26-30-23-8-4-5-10-24(23)32(26)16-13-27(34)31-14-11-19(2)25(18-31)33-15-12-20-17-29-22-9-6-7-21(22)28(20)33/h4-8,10,12,15,17,19,25H,3,9,11,13-14,16,18H2,1-2H3/t19-,25+/m1/s1. The number of piperidine rings is 1. The summed E-state index contributed by atoms with van der Waals surface area (Å²) in [6, 6.07) is 10.7. The minimum absolute atomic E-state index is 0.236. The smallest absolute Gasteiger partial charge is 0.224 e. The molecule has 0 spiro atoms. The van der Waals surface area contributed by atoms with Gasteiger partial charge in [0.2, 0.25) is 5.91 Å². The van der Waals surface area contributed by atoms with Crippen molar-refractivity contribution in [2.24, 2.45) is 5.92 Å². The summed E-state index contributed by atoms with van der Waals surface area (Å²) in [5, 5.41) is 1.18. The Labute approximate surface area is 199 Å². The number of amides is 1. The summed E-state index contributed by atoms with van der Waals surface area (Å²) in [6.45, 7) is 6.71. The zero-order valence-corrected chi connectivity index (χ0v) is 19.9. The highest BCUT2D eigenvalue weighted by Crippen LogP contribution is 2.35. The van der Waals surface area contributed by atoms with Crippen molar-refractivity contribution < 1.29 is 4.79 Å². The number of fused-ring (bicyclic) bond motifs is 4. The molecule has 1 saturated heterocycles. The van der Waals surface area contributed by atoms with E-state index in [9.17, 15) is 4.79 Å². The molecule has 4 heterocycles. The summed E-state index contributed by atoms with van der Waals surface area (Å²) in [7, 11) is 0. The van der Waals surface area contributed by atoms with Gasteiger partial charge in [-0.15, -0.1) is 0 Å². The van der Waals surface area contributed by atoms with Gasteiger partial charge in [-0.3, -0.25) is 9.78 Å². The van der Waals surface area contributed by atoms with Gasteiger partial charge in [0, 0.05) is 62.2 Å². The Morgan fingerprint density at radius 3 is 2.97 bits per heavy atom. The molecule has 2 aliphatic rings. The topological polar surface area (TPSA) is 56.0 Å². The molecule has 3 aromatic heterocycles. The molecule has 1 amide bonds. The van der Waals surface area contributed by atoms with E-state index in [1.807, 2.05) is 24.4 Å². The largest absolute Gasteiger partial charge is 0.342 e. The number of benzene rings is 1. The number of allylic oxidation sites excluding steroid dienone is 1. The van der Waals surface area contributed by atoms with Gasteiger partial charge in [0.05, 0.1) is 28.3 Å². The number of aryl methyl sites for hydroxylation is 2. The van der Waals surface area contributed by atoms with E-state index in [1.54, 1.807) is 0 Å². The van der Waals surface area contributed by atoms with E-state index >= 15 is 0 Å². The fraction of sp³-hybridized carbons (Fsp3) is 0.393. The summed E-state index contributed by atoms with van der Waals surface area (Å²) >= 11 is 0. The van der Waals surface area contributed by atoms with E-state index in [0.717, 1.165) is 54.9 Å². The van der Waals surface area contributed by atoms with Gasteiger partial charge in [-0.2, -0.15) is 0 Å². The molecule has 34 heavy (non-hydrogen) atoms. The molecule has 6 heteroatoms. The van der Waals surface area contributed by atoms with Crippen LogP contribution in [0.15, 0.2) is 48.8 Å². The maximum Gasteiger partial charge on any atom is 0.224 e. The second-order valence-electron chi connectivity index (χ2n) is 9.70. The average Bonchev–Trinajstić information content (AvgIpc) is 3.58. The van der Waals surface area contributed by atoms with E-state index in [-0.39, 0.29) is 11.9 Å². The molecule has 2 atom stereocenters. The Bertz CT molecular complexity index is 1410. The highest BCUT2D eigenvalue weighted by molar-refractivity contribution is 5.90. The average molecular weight is 454 g/mol. The fourth-order valence-corrected chi connectivity index (χ4v) is 5.77. The number of para-hydroxylation sites is 2. The Morgan fingerprint density at radius 1 is 1.21 bits per heavy atom. The number of rotatable bonds is 5. The number of aromatic nitrogens is 4. The van der Waals surface area contributed by atoms with Gasteiger partial charge in [0.25, 0.3) is 0 Å². The maximum absolute atomic E-state index is 13.4. The molecule has 6 rings (SSSR count). The Hall–Kier alpha value is -3.41. The van der Waals surface area contributed by atoms with E-state index in [2.05, 4.69) is 63.3 Å². The maximum atomic E-state index is 13.4. The second kappa shape index (κ2) is 8.42. The van der Waals surface area contributed by atoms with E-state index in [1.165, 1.54) is 16.5 Å². The molecule has 1 aromatic carbocycles. The van der Waals surface area contributed by atoms with E-state index in [0.29, 0.717) is 18.9 Å². The van der Waals surface area contributed by atoms with Crippen molar-refractivity contribution in [2.45, 2.75) is 52.1 Å². The molecule has 1 aliphatic carbocycles. The number of pyridine rings is 1. The van der Waals surface area contributed by atoms with Crippen molar-refractivity contribution in [3.63, 3.8) is 0 Å². The van der Waals surface area contributed by atoms with Crippen molar-refractivity contribution in [1.29, 1.82) is 0 Å². The number of carbonyl (C=O) groups is 1. The first-order valence-electron chi connectivity index (χ1n) is 12.5. The molecular weight excluding hydrogens is 422 g/mol. The van der Waals surface area contributed by atoms with Crippen LogP contribution in [0, 0.1) is 5.92 Å². The van der Waals surface area contributed by atoms with E-state index in [4.69, 9.17) is 4.98 Å². The lowest BCUT2D eigenvalue weighted by molar-refractivity contribution is -0.133. The lowest BCUT2D eigenvalue weighted by atomic mass is 9.92. The molecule has 174 valence electrons. The summed E-state index contributed by atoms with van der Waals surface area (Å²) < 4.78 is 4.63. The van der Waals surface area contributed by atoms with Crippen molar-refractivity contribution in [2.75, 3.05) is 13.1 Å². The summed E-state index contributed by atoms with van der Waals surface area (Å²) in [4.78, 5) is 24.8. The van der Waals surface area contributed by atoms with Crippen LogP contribution in [-0.4, -0.2) is 43.0 Å². The monoisotopic (exact) mass is 453 g/mol. The van der Waals surface area contributed by atoms with Crippen LogP contribution < -0.4 is 0 Å². The molecule has 1 aliphatic heterocycles. The van der Waals surface area contributed by atoms with Gasteiger partial charge in [-0.1, -0.05) is 38.1 Å². The lowest BCUT2D eigenvalue weighted by Gasteiger charge is -2.38. The number of hydrogen-bond acceptors (Lipinski definition) is 3. The Kier molecular flexibility index (Phi) is 5.24. The van der Waals surface area contributed by atoms with Crippen LogP contribution in [0.1, 0.15) is 49.8 Å². The predicted molar refractivity (Wildman–Crippen MR) is 136 cm³/mol. The van der Waals surface area contributed by atoms with Crippen LogP contribution in [0.2, 0.25) is 0 Å². The zero-order valence-electron chi connectivity index (χ0n) is 19.9. The number of imidazole rings is 1. The highest BCUT2D eigenvalue weighted by Gasteiger charge is 2.31. The van der Waals surface area contributed by atoms with Gasteiger partial charge in [-0.25, -0.2) is 4.98 Å². The summed E-state index contributed by atoms with van der Waals surface area (Å²) in [5.74, 6) is 1.80. The first kappa shape index (κ1) is 21.1. The number of likely N-dealkylation sites (tertiary alicyclic amines) is 1. The Balaban J connectivity index is 1.23. The molecule has 0 radical (unpaired) electrons. The first-order chi connectivity index (χ1) is 16.6. The van der Waals surface area contributed by atoms with Crippen molar-refractivity contribution in [1.82, 2.24) is 24.0 Å².